The second-order valence-electron chi connectivity index (χ2n) is 12.5. The smallest absolute Gasteiger partial charge is 0.328 e. The van der Waals surface area contributed by atoms with E-state index in [0.29, 0.717) is 47.6 Å². The zero-order chi connectivity index (χ0) is 33.8. The number of carbonyl (C=O) groups excluding carboxylic acids is 2. The maximum atomic E-state index is 14.7. The number of benzene rings is 1. The Kier molecular flexibility index (Phi) is 10.9. The molecular weight excluding hydrogens is 631 g/mol. The predicted molar refractivity (Wildman–Crippen MR) is 177 cm³/mol. The zero-order valence-electron chi connectivity index (χ0n) is 27.9. The number of esters is 1. The number of amides is 1. The van der Waals surface area contributed by atoms with E-state index in [1.54, 1.807) is 55.7 Å². The summed E-state index contributed by atoms with van der Waals surface area (Å²) in [7, 11) is -3.00. The van der Waals surface area contributed by atoms with Crippen LogP contribution in [0.1, 0.15) is 38.9 Å². The summed E-state index contributed by atoms with van der Waals surface area (Å²) < 4.78 is 54.8. The molecule has 0 bridgehead atoms. The van der Waals surface area contributed by atoms with Gasteiger partial charge in [0.25, 0.3) is 0 Å². The lowest BCUT2D eigenvalue weighted by molar-refractivity contribution is -0.157. The van der Waals surface area contributed by atoms with Gasteiger partial charge in [-0.1, -0.05) is 25.7 Å². The van der Waals surface area contributed by atoms with Crippen LogP contribution in [0.5, 0.6) is 11.5 Å². The van der Waals surface area contributed by atoms with Gasteiger partial charge in [0, 0.05) is 27.6 Å². The van der Waals surface area contributed by atoms with Crippen molar-refractivity contribution >= 4 is 35.9 Å². The van der Waals surface area contributed by atoms with Crippen molar-refractivity contribution in [2.45, 2.75) is 77.0 Å². The van der Waals surface area contributed by atoms with Gasteiger partial charge >= 0.3 is 5.97 Å². The average molecular weight is 676 g/mol. The minimum absolute atomic E-state index is 0.0175. The number of aromatic nitrogens is 3. The molecule has 1 aliphatic rings. The third kappa shape index (κ3) is 7.41. The molecule has 15 heteroatoms. The molecule has 1 saturated heterocycles. The number of nitrogens with zero attached hydrogens (tertiary/aromatic N) is 5. The highest BCUT2D eigenvalue weighted by molar-refractivity contribution is 7.93. The molecule has 3 aromatic rings. The Morgan fingerprint density at radius 3 is 2.37 bits per heavy atom. The lowest BCUT2D eigenvalue weighted by Crippen LogP contribution is -2.53. The Labute approximate surface area is 271 Å². The summed E-state index contributed by atoms with van der Waals surface area (Å²) in [5, 5.41) is 7.79. The molecule has 0 N–H and O–H groups in total. The Hall–Kier alpha value is -3.85. The van der Waals surface area contributed by atoms with Gasteiger partial charge < -0.3 is 23.5 Å². The Balaban J connectivity index is 1.89. The topological polar surface area (TPSA) is 146 Å². The van der Waals surface area contributed by atoms with Gasteiger partial charge in [-0.2, -0.15) is 0 Å². The Morgan fingerprint density at radius 2 is 1.80 bits per heavy atom. The lowest BCUT2D eigenvalue weighted by atomic mass is 10.0. The van der Waals surface area contributed by atoms with Crippen molar-refractivity contribution in [3.8, 4) is 28.8 Å². The molecule has 1 amide bonds. The molecule has 3 heterocycles. The summed E-state index contributed by atoms with van der Waals surface area (Å²) in [6.07, 6.45) is 1.17. The first-order valence-corrected chi connectivity index (χ1v) is 20.7. The van der Waals surface area contributed by atoms with Crippen molar-refractivity contribution in [2.24, 2.45) is 0 Å². The van der Waals surface area contributed by atoms with Crippen molar-refractivity contribution in [1.82, 2.24) is 19.7 Å². The molecule has 4 rings (SSSR count). The summed E-state index contributed by atoms with van der Waals surface area (Å²) in [4.78, 5) is 27.2. The molecule has 2 atom stereocenters. The SMILES string of the molecule is CCOC(=O)[C@@H]1CCCC(=O)N1C[C@H](C)S(=O)(=O)N(CC[Si](C)(C)C)c1nnc(-c2ccc(C)o2)n1-c1c(OC)cccc1OC. The summed E-state index contributed by atoms with van der Waals surface area (Å²) in [6, 6.07) is 8.52. The van der Waals surface area contributed by atoms with Crippen molar-refractivity contribution < 1.29 is 36.6 Å². The predicted octanol–water partition coefficient (Wildman–Crippen LogP) is 4.66. The number of hydrogen-bond acceptors (Lipinski definition) is 10. The van der Waals surface area contributed by atoms with Gasteiger partial charge in [0.2, 0.25) is 27.7 Å². The maximum absolute atomic E-state index is 14.7. The molecule has 0 aliphatic carbocycles. The molecule has 1 aromatic carbocycles. The van der Waals surface area contributed by atoms with Crippen LogP contribution in [0.3, 0.4) is 0 Å². The third-order valence-electron chi connectivity index (χ3n) is 7.91. The minimum Gasteiger partial charge on any atom is -0.494 e. The van der Waals surface area contributed by atoms with Crippen LogP contribution in [-0.4, -0.2) is 93.2 Å². The first-order chi connectivity index (χ1) is 21.7. The first-order valence-electron chi connectivity index (χ1n) is 15.4. The van der Waals surface area contributed by atoms with E-state index < -0.39 is 35.4 Å². The normalized spacial score (nSPS) is 16.3. The van der Waals surface area contributed by atoms with E-state index in [1.807, 2.05) is 0 Å². The molecule has 252 valence electrons. The summed E-state index contributed by atoms with van der Waals surface area (Å²) >= 11 is 0. The molecule has 0 radical (unpaired) electrons. The van der Waals surface area contributed by atoms with Gasteiger partial charge in [0.05, 0.1) is 26.1 Å². The fraction of sp³-hybridized carbons (Fsp3) is 0.548. The number of methoxy groups -OCH3 is 2. The van der Waals surface area contributed by atoms with Crippen molar-refractivity contribution in [2.75, 3.05) is 38.2 Å². The van der Waals surface area contributed by atoms with Crippen LogP contribution in [0.25, 0.3) is 17.3 Å². The van der Waals surface area contributed by atoms with Gasteiger partial charge in [-0.15, -0.1) is 10.2 Å². The van der Waals surface area contributed by atoms with Crippen LogP contribution in [0.4, 0.5) is 5.95 Å². The van der Waals surface area contributed by atoms with E-state index in [4.69, 9.17) is 18.6 Å². The van der Waals surface area contributed by atoms with Gasteiger partial charge in [-0.05, 0) is 63.9 Å². The number of hydrogen-bond donors (Lipinski definition) is 0. The molecule has 1 fully saturated rings. The van der Waals surface area contributed by atoms with E-state index >= 15 is 0 Å². The summed E-state index contributed by atoms with van der Waals surface area (Å²) in [6.45, 7) is 11.6. The van der Waals surface area contributed by atoms with Crippen LogP contribution < -0.4 is 13.8 Å². The highest BCUT2D eigenvalue weighted by Gasteiger charge is 2.41. The number of anilines is 1. The number of carbonyl (C=O) groups is 2. The Bertz CT molecular complexity index is 1630. The second kappa shape index (κ2) is 14.3. The molecule has 0 saturated carbocycles. The van der Waals surface area contributed by atoms with Crippen LogP contribution in [-0.2, 0) is 24.3 Å². The fourth-order valence-corrected chi connectivity index (χ4v) is 7.94. The fourth-order valence-electron chi connectivity index (χ4n) is 5.41. The minimum atomic E-state index is -4.22. The van der Waals surface area contributed by atoms with Crippen LogP contribution in [0, 0.1) is 6.92 Å². The number of para-hydroxylation sites is 1. The van der Waals surface area contributed by atoms with Crippen LogP contribution in [0.2, 0.25) is 25.7 Å². The number of ether oxygens (including phenoxy) is 3. The molecule has 46 heavy (non-hydrogen) atoms. The quantitative estimate of drug-likeness (QED) is 0.175. The van der Waals surface area contributed by atoms with Crippen LogP contribution in [0.15, 0.2) is 34.7 Å². The molecule has 2 aromatic heterocycles. The number of furan rings is 1. The van der Waals surface area contributed by atoms with Crippen molar-refractivity contribution in [3.05, 3.63) is 36.1 Å². The number of rotatable bonds is 14. The zero-order valence-corrected chi connectivity index (χ0v) is 29.7. The molecular formula is C31H45N5O8SSi. The molecule has 0 unspecified atom stereocenters. The number of piperidine rings is 1. The number of sulfonamides is 1. The van der Waals surface area contributed by atoms with E-state index in [0.717, 1.165) is 0 Å². The van der Waals surface area contributed by atoms with Gasteiger partial charge in [0.15, 0.2) is 5.76 Å². The Morgan fingerprint density at radius 1 is 1.13 bits per heavy atom. The average Bonchev–Trinajstić information content (AvgIpc) is 3.63. The monoisotopic (exact) mass is 675 g/mol. The largest absolute Gasteiger partial charge is 0.494 e. The van der Waals surface area contributed by atoms with E-state index in [9.17, 15) is 18.0 Å². The highest BCUT2D eigenvalue weighted by atomic mass is 32.2. The molecule has 1 aliphatic heterocycles. The highest BCUT2D eigenvalue weighted by Crippen LogP contribution is 2.40. The van der Waals surface area contributed by atoms with Crippen LogP contribution >= 0.6 is 0 Å². The summed E-state index contributed by atoms with van der Waals surface area (Å²) in [5.74, 6) is 1.26. The summed E-state index contributed by atoms with van der Waals surface area (Å²) in [5.41, 5.74) is 0.394. The number of aryl methyl sites for hydroxylation is 1. The van der Waals surface area contributed by atoms with E-state index in [2.05, 4.69) is 29.8 Å². The number of likely N-dealkylation sites (tertiary alicyclic amines) is 1. The van der Waals surface area contributed by atoms with E-state index in [-0.39, 0.29) is 43.8 Å². The van der Waals surface area contributed by atoms with Gasteiger partial charge in [-0.25, -0.2) is 17.5 Å². The molecule has 13 nitrogen and oxygen atoms in total. The van der Waals surface area contributed by atoms with Gasteiger partial charge in [0.1, 0.15) is 29.0 Å². The van der Waals surface area contributed by atoms with E-state index in [1.165, 1.54) is 23.4 Å². The van der Waals surface area contributed by atoms with Crippen molar-refractivity contribution in [3.63, 3.8) is 0 Å². The van der Waals surface area contributed by atoms with Crippen molar-refractivity contribution in [1.29, 1.82) is 0 Å². The first kappa shape index (κ1) is 35.0. The maximum Gasteiger partial charge on any atom is 0.328 e. The lowest BCUT2D eigenvalue weighted by Gasteiger charge is -2.37. The molecule has 0 spiro atoms. The third-order valence-corrected chi connectivity index (χ3v) is 11.8. The second-order valence-corrected chi connectivity index (χ2v) is 20.4. The standard InChI is InChI=1S/C31H45N5O8SSi/c1-9-43-30(38)23-12-10-15-27(37)34(23)20-22(3)45(39,40)35(18-19-46(6,7)8)31-33-32-29(26-17-16-21(2)44-26)36(31)28-24(41-4)13-11-14-25(28)42-5/h11,13-14,16-17,22-23H,9-10,12,15,18-20H2,1-8H3/t22-,23-/m0/s1. The van der Waals surface area contributed by atoms with Gasteiger partial charge in [-0.3, -0.25) is 9.36 Å².